The molecule has 0 radical (unpaired) electrons. The second-order valence-electron chi connectivity index (χ2n) is 11.5. The second-order valence-corrected chi connectivity index (χ2v) is 13.3. The third-order valence-corrected chi connectivity index (χ3v) is 9.69. The molecular weight excluding hydrogens is 573 g/mol. The van der Waals surface area contributed by atoms with Crippen LogP contribution in [0.2, 0.25) is 0 Å². The largest absolute Gasteiger partial charge is 0.395 e. The lowest BCUT2D eigenvalue weighted by Crippen LogP contribution is -2.40. The summed E-state index contributed by atoms with van der Waals surface area (Å²) in [7, 11) is -4.00. The fourth-order valence-electron chi connectivity index (χ4n) is 5.76. The average Bonchev–Trinajstić information content (AvgIpc) is 3.69. The number of aliphatic hydroxyl groups excluding tert-OH is 1. The van der Waals surface area contributed by atoms with Crippen LogP contribution in [0.25, 0.3) is 10.9 Å². The molecule has 0 atom stereocenters. The molecule has 0 amide bonds. The highest BCUT2D eigenvalue weighted by molar-refractivity contribution is 7.92. The average molecular weight is 607 g/mol. The van der Waals surface area contributed by atoms with Crippen molar-refractivity contribution in [1.29, 1.82) is 0 Å². The van der Waals surface area contributed by atoms with E-state index in [-0.39, 0.29) is 43.0 Å². The minimum Gasteiger partial charge on any atom is -0.395 e. The fraction of sp³-hybridized carbons (Fsp3) is 0.556. The zero-order valence-corrected chi connectivity index (χ0v) is 24.0. The van der Waals surface area contributed by atoms with Gasteiger partial charge in [-0.25, -0.2) is 36.5 Å². The summed E-state index contributed by atoms with van der Waals surface area (Å²) in [5.41, 5.74) is 1.20. The maximum Gasteiger partial charge on any atom is 0.251 e. The quantitative estimate of drug-likeness (QED) is 0.346. The van der Waals surface area contributed by atoms with Crippen LogP contribution in [0.15, 0.2) is 18.5 Å². The van der Waals surface area contributed by atoms with Gasteiger partial charge in [-0.1, -0.05) is 0 Å². The van der Waals surface area contributed by atoms with E-state index in [1.807, 2.05) is 0 Å². The van der Waals surface area contributed by atoms with Gasteiger partial charge in [0.05, 0.1) is 29.1 Å². The number of nitrogens with one attached hydrogen (secondary N) is 2. The van der Waals surface area contributed by atoms with Crippen LogP contribution in [-0.2, 0) is 10.0 Å². The molecule has 1 aromatic carbocycles. The van der Waals surface area contributed by atoms with Gasteiger partial charge in [0.15, 0.2) is 5.82 Å². The predicted octanol–water partition coefficient (Wildman–Crippen LogP) is 3.96. The molecule has 226 valence electrons. The van der Waals surface area contributed by atoms with Crippen LogP contribution < -0.4 is 19.8 Å². The van der Waals surface area contributed by atoms with E-state index in [2.05, 4.69) is 34.9 Å². The molecular formula is C27H33F3N8O3S. The summed E-state index contributed by atoms with van der Waals surface area (Å²) < 4.78 is 70.5. The molecule has 42 heavy (non-hydrogen) atoms. The monoisotopic (exact) mass is 606 g/mol. The van der Waals surface area contributed by atoms with E-state index in [9.17, 15) is 17.2 Å². The number of aliphatic hydroxyl groups is 1. The van der Waals surface area contributed by atoms with Crippen molar-refractivity contribution in [2.24, 2.45) is 5.41 Å². The molecule has 2 saturated heterocycles. The zero-order chi connectivity index (χ0) is 29.7. The van der Waals surface area contributed by atoms with Gasteiger partial charge in [0, 0.05) is 50.8 Å². The van der Waals surface area contributed by atoms with E-state index in [1.165, 1.54) is 25.2 Å². The number of fused-ring (bicyclic) bond motifs is 1. The van der Waals surface area contributed by atoms with Crippen molar-refractivity contribution in [2.45, 2.75) is 51.4 Å². The van der Waals surface area contributed by atoms with E-state index < -0.39 is 34.1 Å². The molecule has 4 heterocycles. The van der Waals surface area contributed by atoms with E-state index in [1.54, 1.807) is 17.9 Å². The summed E-state index contributed by atoms with van der Waals surface area (Å²) in [5.74, 6) is -3.23. The summed E-state index contributed by atoms with van der Waals surface area (Å²) in [6.45, 7) is 2.80. The number of sulfonamides is 1. The maximum atomic E-state index is 15.9. The minimum atomic E-state index is -4.00. The van der Waals surface area contributed by atoms with Crippen molar-refractivity contribution in [3.8, 4) is 0 Å². The Bertz CT molecular complexity index is 1600. The molecule has 3 aromatic rings. The lowest BCUT2D eigenvalue weighted by molar-refractivity contribution is -0.0222. The topological polar surface area (TPSA) is 136 Å². The molecule has 2 aliphatic heterocycles. The van der Waals surface area contributed by atoms with Crippen molar-refractivity contribution in [3.63, 3.8) is 0 Å². The number of hydrogen-bond donors (Lipinski definition) is 3. The van der Waals surface area contributed by atoms with Crippen molar-refractivity contribution in [1.82, 2.24) is 19.9 Å². The number of rotatable bonds is 8. The van der Waals surface area contributed by atoms with Gasteiger partial charge in [0.2, 0.25) is 16.0 Å². The number of piperidine rings is 2. The number of nitrogens with zero attached hydrogens (tertiary/aromatic N) is 6. The highest BCUT2D eigenvalue weighted by atomic mass is 32.2. The van der Waals surface area contributed by atoms with E-state index in [0.717, 1.165) is 12.8 Å². The van der Waals surface area contributed by atoms with Crippen LogP contribution in [0.1, 0.15) is 44.2 Å². The van der Waals surface area contributed by atoms with Crippen molar-refractivity contribution >= 4 is 49.9 Å². The van der Waals surface area contributed by atoms with Crippen LogP contribution >= 0.6 is 0 Å². The van der Waals surface area contributed by atoms with Crippen LogP contribution in [0, 0.1) is 18.2 Å². The van der Waals surface area contributed by atoms with Gasteiger partial charge in [-0.3, -0.25) is 4.72 Å². The molecule has 1 spiro atoms. The summed E-state index contributed by atoms with van der Waals surface area (Å²) in [6, 6.07) is 3.14. The molecule has 0 bridgehead atoms. The number of aromatic nitrogens is 4. The number of anilines is 5. The van der Waals surface area contributed by atoms with Crippen LogP contribution in [0.4, 0.5) is 42.1 Å². The molecule has 15 heteroatoms. The molecule has 0 unspecified atom stereocenters. The Labute approximate surface area is 241 Å². The number of hydrogen-bond acceptors (Lipinski definition) is 10. The standard InChI is InChI=1S/C27H33F3N8O3S/c1-17-14-20(35-25(33-17)38-10-6-27(29,30)7-11-38)34-24-21-19(37-8-4-26(2-3-26)5-9-37)15-18(36-42(40,41)13-12-39)22(28)23(21)31-16-32-24/h14-16,36,39H,2-13H2,1H3,(H,31,32,33,34,35). The Morgan fingerprint density at radius 3 is 2.33 bits per heavy atom. The Balaban J connectivity index is 1.40. The Kier molecular flexibility index (Phi) is 7.28. The van der Waals surface area contributed by atoms with Crippen molar-refractivity contribution in [3.05, 3.63) is 30.0 Å². The predicted molar refractivity (Wildman–Crippen MR) is 154 cm³/mol. The summed E-state index contributed by atoms with van der Waals surface area (Å²) in [5, 5.41) is 12.7. The molecule has 11 nitrogen and oxygen atoms in total. The molecule has 6 rings (SSSR count). The first-order chi connectivity index (χ1) is 20.0. The first-order valence-electron chi connectivity index (χ1n) is 14.1. The number of halogens is 3. The van der Waals surface area contributed by atoms with Gasteiger partial charge >= 0.3 is 0 Å². The van der Waals surface area contributed by atoms with Gasteiger partial charge < -0.3 is 20.2 Å². The summed E-state index contributed by atoms with van der Waals surface area (Å²) in [6.07, 6.45) is 4.94. The summed E-state index contributed by atoms with van der Waals surface area (Å²) in [4.78, 5) is 21.4. The fourth-order valence-corrected chi connectivity index (χ4v) is 6.59. The highest BCUT2D eigenvalue weighted by Crippen LogP contribution is 2.54. The minimum absolute atomic E-state index is 0.0809. The van der Waals surface area contributed by atoms with Crippen LogP contribution in [-0.4, -0.2) is 77.9 Å². The Morgan fingerprint density at radius 2 is 1.67 bits per heavy atom. The highest BCUT2D eigenvalue weighted by Gasteiger charge is 2.44. The van der Waals surface area contributed by atoms with Crippen LogP contribution in [0.5, 0.6) is 0 Å². The van der Waals surface area contributed by atoms with Crippen molar-refractivity contribution < 1.29 is 26.7 Å². The van der Waals surface area contributed by atoms with Gasteiger partial charge in [-0.15, -0.1) is 0 Å². The first-order valence-corrected chi connectivity index (χ1v) is 15.7. The normalized spacial score (nSPS) is 19.7. The number of benzene rings is 1. The molecule has 3 aliphatic rings. The molecule has 1 saturated carbocycles. The Hall–Kier alpha value is -3.46. The van der Waals surface area contributed by atoms with E-state index in [0.29, 0.717) is 47.0 Å². The molecule has 3 fully saturated rings. The Morgan fingerprint density at radius 1 is 0.976 bits per heavy atom. The van der Waals surface area contributed by atoms with Crippen molar-refractivity contribution in [2.75, 3.05) is 58.4 Å². The van der Waals surface area contributed by atoms with E-state index in [4.69, 9.17) is 5.11 Å². The first kappa shape index (κ1) is 28.6. The van der Waals surface area contributed by atoms with Gasteiger partial charge in [0.1, 0.15) is 23.5 Å². The van der Waals surface area contributed by atoms with Crippen LogP contribution in [0.3, 0.4) is 0 Å². The maximum absolute atomic E-state index is 15.9. The number of aryl methyl sites for hydroxylation is 1. The lowest BCUT2D eigenvalue weighted by Gasteiger charge is -2.35. The van der Waals surface area contributed by atoms with Gasteiger partial charge in [-0.05, 0) is 44.1 Å². The third kappa shape index (κ3) is 5.89. The molecule has 1 aliphatic carbocycles. The molecule has 2 aromatic heterocycles. The lowest BCUT2D eigenvalue weighted by atomic mass is 9.93. The van der Waals surface area contributed by atoms with E-state index >= 15 is 4.39 Å². The smallest absolute Gasteiger partial charge is 0.251 e. The third-order valence-electron chi connectivity index (χ3n) is 8.44. The SMILES string of the molecule is Cc1cc(Nc2ncnc3c(F)c(NS(=O)(=O)CCO)cc(N4CCC5(CC4)CC5)c23)nc(N2CCC(F)(F)CC2)n1. The van der Waals surface area contributed by atoms with Gasteiger partial charge in [-0.2, -0.15) is 4.98 Å². The van der Waals surface area contributed by atoms with Gasteiger partial charge in [0.25, 0.3) is 5.92 Å². The molecule has 3 N–H and O–H groups in total. The second kappa shape index (κ2) is 10.7. The zero-order valence-electron chi connectivity index (χ0n) is 23.2. The number of alkyl halides is 2. The summed E-state index contributed by atoms with van der Waals surface area (Å²) >= 11 is 0.